The summed E-state index contributed by atoms with van der Waals surface area (Å²) in [6.07, 6.45) is 2.33. The molecule has 0 amide bonds. The molecule has 2 heteroatoms. The first-order valence-corrected chi connectivity index (χ1v) is 6.35. The molecule has 0 radical (unpaired) electrons. The molecule has 0 saturated carbocycles. The Morgan fingerprint density at radius 1 is 1.23 bits per heavy atom. The summed E-state index contributed by atoms with van der Waals surface area (Å²) in [5, 5.41) is 0.595. The lowest BCUT2D eigenvalue weighted by molar-refractivity contribution is 0.350. The van der Waals surface area contributed by atoms with Crippen LogP contribution in [0.4, 0.5) is 0 Å². The Morgan fingerprint density at radius 2 is 1.77 bits per heavy atom. The van der Waals surface area contributed by atoms with Gasteiger partial charge in [-0.15, -0.1) is 0 Å². The van der Waals surface area contributed by atoms with Gasteiger partial charge in [-0.05, 0) is 24.0 Å². The van der Waals surface area contributed by atoms with Crippen LogP contribution in [0.2, 0.25) is 0 Å². The van der Waals surface area contributed by atoms with Crippen LogP contribution in [0.15, 0.2) is 0 Å². The molecule has 0 aromatic carbocycles. The molecule has 0 fully saturated rings. The highest BCUT2D eigenvalue weighted by atomic mass is 32.2. The maximum absolute atomic E-state index is 6.12. The van der Waals surface area contributed by atoms with Gasteiger partial charge in [-0.2, -0.15) is 11.8 Å². The van der Waals surface area contributed by atoms with Crippen LogP contribution in [-0.4, -0.2) is 17.0 Å². The SMILES string of the molecule is CCCSC(C(N)CC)C(C)(C)C. The van der Waals surface area contributed by atoms with Crippen molar-refractivity contribution in [1.29, 1.82) is 0 Å². The normalized spacial score (nSPS) is 17.1. The summed E-state index contributed by atoms with van der Waals surface area (Å²) in [5.41, 5.74) is 6.45. The fourth-order valence-corrected chi connectivity index (χ4v) is 2.90. The lowest BCUT2D eigenvalue weighted by Gasteiger charge is -2.34. The summed E-state index contributed by atoms with van der Waals surface area (Å²) in [7, 11) is 0. The first-order valence-electron chi connectivity index (χ1n) is 5.30. The first-order chi connectivity index (χ1) is 5.93. The van der Waals surface area contributed by atoms with Crippen LogP contribution in [0.25, 0.3) is 0 Å². The van der Waals surface area contributed by atoms with Gasteiger partial charge in [0.2, 0.25) is 0 Å². The van der Waals surface area contributed by atoms with Crippen molar-refractivity contribution in [2.75, 3.05) is 5.75 Å². The summed E-state index contributed by atoms with van der Waals surface area (Å²) in [5.74, 6) is 1.23. The molecule has 0 bridgehead atoms. The molecule has 0 aliphatic heterocycles. The van der Waals surface area contributed by atoms with Crippen molar-refractivity contribution in [3.8, 4) is 0 Å². The zero-order chi connectivity index (χ0) is 10.5. The summed E-state index contributed by atoms with van der Waals surface area (Å²) in [6.45, 7) is 11.3. The van der Waals surface area contributed by atoms with Crippen LogP contribution >= 0.6 is 11.8 Å². The number of nitrogens with two attached hydrogens (primary N) is 1. The second-order valence-electron chi connectivity index (χ2n) is 4.73. The van der Waals surface area contributed by atoms with Crippen LogP contribution in [-0.2, 0) is 0 Å². The summed E-state index contributed by atoms with van der Waals surface area (Å²) in [6, 6.07) is 0.344. The highest BCUT2D eigenvalue weighted by Gasteiger charge is 2.29. The Balaban J connectivity index is 4.19. The molecular weight excluding hydrogens is 178 g/mol. The third-order valence-electron chi connectivity index (χ3n) is 2.22. The van der Waals surface area contributed by atoms with Gasteiger partial charge in [0.1, 0.15) is 0 Å². The molecule has 2 unspecified atom stereocenters. The van der Waals surface area contributed by atoms with Crippen molar-refractivity contribution >= 4 is 11.8 Å². The van der Waals surface area contributed by atoms with E-state index < -0.39 is 0 Å². The van der Waals surface area contributed by atoms with Crippen LogP contribution in [0.1, 0.15) is 47.5 Å². The maximum atomic E-state index is 6.12. The van der Waals surface area contributed by atoms with Gasteiger partial charge in [-0.3, -0.25) is 0 Å². The van der Waals surface area contributed by atoms with E-state index >= 15 is 0 Å². The molecule has 0 aliphatic carbocycles. The Labute approximate surface area is 87.9 Å². The molecule has 0 aromatic rings. The number of hydrogen-bond donors (Lipinski definition) is 1. The second-order valence-corrected chi connectivity index (χ2v) is 5.98. The van der Waals surface area contributed by atoms with Crippen molar-refractivity contribution in [2.24, 2.45) is 11.1 Å². The third-order valence-corrected chi connectivity index (χ3v) is 4.28. The minimum atomic E-state index is 0.329. The minimum absolute atomic E-state index is 0.329. The topological polar surface area (TPSA) is 26.0 Å². The van der Waals surface area contributed by atoms with Crippen molar-refractivity contribution < 1.29 is 0 Å². The van der Waals surface area contributed by atoms with Crippen molar-refractivity contribution in [3.05, 3.63) is 0 Å². The van der Waals surface area contributed by atoms with Gasteiger partial charge >= 0.3 is 0 Å². The molecule has 0 saturated heterocycles. The van der Waals surface area contributed by atoms with E-state index in [2.05, 4.69) is 34.6 Å². The molecule has 0 aromatic heterocycles. The number of hydrogen-bond acceptors (Lipinski definition) is 2. The quantitative estimate of drug-likeness (QED) is 0.742. The van der Waals surface area contributed by atoms with Crippen LogP contribution in [0.3, 0.4) is 0 Å². The van der Waals surface area contributed by atoms with Gasteiger partial charge in [0.05, 0.1) is 0 Å². The fourth-order valence-electron chi connectivity index (χ4n) is 1.47. The van der Waals surface area contributed by atoms with E-state index in [0.29, 0.717) is 16.7 Å². The Hall–Kier alpha value is 0.310. The lowest BCUT2D eigenvalue weighted by atomic mass is 9.87. The van der Waals surface area contributed by atoms with Crippen molar-refractivity contribution in [1.82, 2.24) is 0 Å². The maximum Gasteiger partial charge on any atom is 0.0247 e. The summed E-state index contributed by atoms with van der Waals surface area (Å²) < 4.78 is 0. The van der Waals surface area contributed by atoms with Gasteiger partial charge in [-0.25, -0.2) is 0 Å². The lowest BCUT2D eigenvalue weighted by Crippen LogP contribution is -2.40. The standard InChI is InChI=1S/C11H25NS/c1-6-8-13-10(9(12)7-2)11(3,4)5/h9-10H,6-8,12H2,1-5H3. The molecule has 80 valence electrons. The van der Waals surface area contributed by atoms with E-state index in [-0.39, 0.29) is 0 Å². The molecule has 0 aliphatic rings. The fraction of sp³-hybridized carbons (Fsp3) is 1.00. The van der Waals surface area contributed by atoms with Gasteiger partial charge in [0, 0.05) is 11.3 Å². The Kier molecular flexibility index (Phi) is 6.06. The zero-order valence-corrected chi connectivity index (χ0v) is 10.6. The van der Waals surface area contributed by atoms with Crippen LogP contribution in [0, 0.1) is 5.41 Å². The molecule has 2 atom stereocenters. The van der Waals surface area contributed by atoms with Crippen molar-refractivity contribution in [3.63, 3.8) is 0 Å². The average Bonchev–Trinajstić information content (AvgIpc) is 2.02. The monoisotopic (exact) mass is 203 g/mol. The van der Waals surface area contributed by atoms with Crippen LogP contribution in [0.5, 0.6) is 0 Å². The van der Waals surface area contributed by atoms with E-state index in [1.165, 1.54) is 12.2 Å². The molecule has 0 heterocycles. The second kappa shape index (κ2) is 5.92. The van der Waals surface area contributed by atoms with E-state index in [1.54, 1.807) is 0 Å². The van der Waals surface area contributed by atoms with Gasteiger partial charge < -0.3 is 5.73 Å². The van der Waals surface area contributed by atoms with Gasteiger partial charge in [0.25, 0.3) is 0 Å². The van der Waals surface area contributed by atoms with E-state index in [0.717, 1.165) is 6.42 Å². The summed E-state index contributed by atoms with van der Waals surface area (Å²) >= 11 is 2.04. The van der Waals surface area contributed by atoms with Crippen molar-refractivity contribution in [2.45, 2.75) is 58.8 Å². The van der Waals surface area contributed by atoms with E-state index in [1.807, 2.05) is 11.8 Å². The molecule has 2 N–H and O–H groups in total. The Bertz CT molecular complexity index is 129. The average molecular weight is 203 g/mol. The smallest absolute Gasteiger partial charge is 0.0247 e. The zero-order valence-electron chi connectivity index (χ0n) is 9.76. The highest BCUT2D eigenvalue weighted by Crippen LogP contribution is 2.33. The predicted molar refractivity (Wildman–Crippen MR) is 64.3 cm³/mol. The third kappa shape index (κ3) is 4.92. The van der Waals surface area contributed by atoms with Crippen LogP contribution < -0.4 is 5.73 Å². The molecule has 0 rings (SSSR count). The summed E-state index contributed by atoms with van der Waals surface area (Å²) in [4.78, 5) is 0. The Morgan fingerprint density at radius 3 is 2.08 bits per heavy atom. The number of thioether (sulfide) groups is 1. The van der Waals surface area contributed by atoms with E-state index in [9.17, 15) is 0 Å². The first kappa shape index (κ1) is 13.3. The number of rotatable bonds is 5. The van der Waals surface area contributed by atoms with Gasteiger partial charge in [0.15, 0.2) is 0 Å². The molecule has 1 nitrogen and oxygen atoms in total. The highest BCUT2D eigenvalue weighted by molar-refractivity contribution is 8.00. The minimum Gasteiger partial charge on any atom is -0.327 e. The van der Waals surface area contributed by atoms with Gasteiger partial charge in [-0.1, -0.05) is 34.6 Å². The largest absolute Gasteiger partial charge is 0.327 e. The molecule has 0 spiro atoms. The molecular formula is C11H25NS. The van der Waals surface area contributed by atoms with E-state index in [4.69, 9.17) is 5.73 Å². The predicted octanol–water partition coefficient (Wildman–Crippen LogP) is 3.28. The molecule has 13 heavy (non-hydrogen) atoms.